The maximum atomic E-state index is 12.1. The second-order valence-corrected chi connectivity index (χ2v) is 4.13. The summed E-state index contributed by atoms with van der Waals surface area (Å²) in [4.78, 5) is 23.9. The summed E-state index contributed by atoms with van der Waals surface area (Å²) in [6, 6.07) is 4.20. The highest BCUT2D eigenvalue weighted by molar-refractivity contribution is 6.30. The predicted octanol–water partition coefficient (Wildman–Crippen LogP) is 1.98. The third kappa shape index (κ3) is 3.63. The molecular weight excluding hydrogens is 258 g/mol. The van der Waals surface area contributed by atoms with Crippen LogP contribution in [0.4, 0.5) is 0 Å². The van der Waals surface area contributed by atoms with Gasteiger partial charge in [0.2, 0.25) is 0 Å². The number of amides is 1. The molecule has 18 heavy (non-hydrogen) atoms. The first kappa shape index (κ1) is 14.3. The number of carboxylic acids is 1. The van der Waals surface area contributed by atoms with E-state index in [1.807, 2.05) is 0 Å². The molecule has 0 aliphatic carbocycles. The molecule has 0 aliphatic rings. The largest absolute Gasteiger partial charge is 0.507 e. The van der Waals surface area contributed by atoms with Crippen LogP contribution in [0.5, 0.6) is 5.75 Å². The van der Waals surface area contributed by atoms with Gasteiger partial charge < -0.3 is 15.1 Å². The zero-order valence-corrected chi connectivity index (χ0v) is 10.6. The summed E-state index contributed by atoms with van der Waals surface area (Å²) in [5.41, 5.74) is 0.117. The summed E-state index contributed by atoms with van der Waals surface area (Å²) in [6.07, 6.45) is -0.131. The Morgan fingerprint density at radius 2 is 2.06 bits per heavy atom. The number of halogens is 1. The van der Waals surface area contributed by atoms with Gasteiger partial charge in [-0.05, 0) is 25.1 Å². The lowest BCUT2D eigenvalue weighted by molar-refractivity contribution is -0.137. The molecule has 1 aromatic carbocycles. The van der Waals surface area contributed by atoms with E-state index in [2.05, 4.69) is 0 Å². The van der Waals surface area contributed by atoms with Crippen LogP contribution in [-0.2, 0) is 4.79 Å². The van der Waals surface area contributed by atoms with Gasteiger partial charge in [0, 0.05) is 18.1 Å². The summed E-state index contributed by atoms with van der Waals surface area (Å²) in [5.74, 6) is -1.59. The Kier molecular flexibility index (Phi) is 4.97. The van der Waals surface area contributed by atoms with E-state index in [1.165, 1.54) is 23.1 Å². The van der Waals surface area contributed by atoms with Crippen LogP contribution >= 0.6 is 11.6 Å². The van der Waals surface area contributed by atoms with Gasteiger partial charge in [-0.2, -0.15) is 0 Å². The first-order chi connectivity index (χ1) is 8.45. The van der Waals surface area contributed by atoms with Crippen LogP contribution in [0.2, 0.25) is 5.02 Å². The van der Waals surface area contributed by atoms with Crippen molar-refractivity contribution in [2.24, 2.45) is 0 Å². The zero-order chi connectivity index (χ0) is 13.7. The smallest absolute Gasteiger partial charge is 0.305 e. The number of carbonyl (C=O) groups excluding carboxylic acids is 1. The van der Waals surface area contributed by atoms with Crippen molar-refractivity contribution in [2.45, 2.75) is 13.3 Å². The molecule has 0 saturated heterocycles. The molecule has 0 fully saturated rings. The zero-order valence-electron chi connectivity index (χ0n) is 9.89. The normalized spacial score (nSPS) is 10.1. The third-order valence-corrected chi connectivity index (χ3v) is 2.69. The number of hydrogen-bond acceptors (Lipinski definition) is 3. The number of rotatable bonds is 5. The molecule has 2 N–H and O–H groups in total. The van der Waals surface area contributed by atoms with Crippen LogP contribution < -0.4 is 0 Å². The number of aliphatic carboxylic acids is 1. The number of benzene rings is 1. The van der Waals surface area contributed by atoms with E-state index in [1.54, 1.807) is 6.92 Å². The summed E-state index contributed by atoms with van der Waals surface area (Å²) >= 11 is 5.68. The van der Waals surface area contributed by atoms with Crippen molar-refractivity contribution < 1.29 is 19.8 Å². The second-order valence-electron chi connectivity index (χ2n) is 3.69. The van der Waals surface area contributed by atoms with Crippen LogP contribution in [0, 0.1) is 0 Å². The van der Waals surface area contributed by atoms with E-state index in [-0.39, 0.29) is 24.3 Å². The molecule has 0 spiro atoms. The van der Waals surface area contributed by atoms with Crippen LogP contribution in [0.15, 0.2) is 18.2 Å². The Hall–Kier alpha value is -1.75. The number of hydrogen-bond donors (Lipinski definition) is 2. The van der Waals surface area contributed by atoms with Gasteiger partial charge in [-0.1, -0.05) is 11.6 Å². The van der Waals surface area contributed by atoms with Gasteiger partial charge in [-0.25, -0.2) is 0 Å². The summed E-state index contributed by atoms with van der Waals surface area (Å²) in [5, 5.41) is 18.6. The fraction of sp³-hybridized carbons (Fsp3) is 0.333. The first-order valence-corrected chi connectivity index (χ1v) is 5.83. The van der Waals surface area contributed by atoms with Crippen molar-refractivity contribution in [3.8, 4) is 5.75 Å². The van der Waals surface area contributed by atoms with E-state index in [0.717, 1.165) is 0 Å². The predicted molar refractivity (Wildman–Crippen MR) is 66.9 cm³/mol. The molecule has 98 valence electrons. The van der Waals surface area contributed by atoms with E-state index in [0.29, 0.717) is 11.6 Å². The maximum absolute atomic E-state index is 12.1. The van der Waals surface area contributed by atoms with Crippen molar-refractivity contribution in [2.75, 3.05) is 13.1 Å². The van der Waals surface area contributed by atoms with E-state index in [9.17, 15) is 14.7 Å². The van der Waals surface area contributed by atoms with E-state index in [4.69, 9.17) is 16.7 Å². The Morgan fingerprint density at radius 1 is 1.39 bits per heavy atom. The molecule has 0 saturated carbocycles. The standard InChI is InChI=1S/C12H14ClNO4/c1-2-14(6-5-11(16)17)12(18)9-4-3-8(13)7-10(9)15/h3-4,7,15H,2,5-6H2,1H3,(H,16,17). The summed E-state index contributed by atoms with van der Waals surface area (Å²) < 4.78 is 0. The lowest BCUT2D eigenvalue weighted by atomic mass is 10.1. The molecule has 0 bridgehead atoms. The Morgan fingerprint density at radius 3 is 2.56 bits per heavy atom. The molecule has 0 radical (unpaired) electrons. The number of aromatic hydroxyl groups is 1. The molecule has 1 amide bonds. The minimum Gasteiger partial charge on any atom is -0.507 e. The highest BCUT2D eigenvalue weighted by Crippen LogP contribution is 2.23. The van der Waals surface area contributed by atoms with Crippen LogP contribution in [0.25, 0.3) is 0 Å². The van der Waals surface area contributed by atoms with Gasteiger partial charge in [-0.15, -0.1) is 0 Å². The Labute approximate surface area is 110 Å². The van der Waals surface area contributed by atoms with Crippen molar-refractivity contribution >= 4 is 23.5 Å². The highest BCUT2D eigenvalue weighted by atomic mass is 35.5. The molecule has 5 nitrogen and oxygen atoms in total. The fourth-order valence-electron chi connectivity index (χ4n) is 1.49. The average molecular weight is 272 g/mol. The Bertz CT molecular complexity index is 461. The fourth-order valence-corrected chi connectivity index (χ4v) is 1.66. The minimum absolute atomic E-state index is 0.104. The Balaban J connectivity index is 2.86. The molecule has 6 heteroatoms. The number of nitrogens with zero attached hydrogens (tertiary/aromatic N) is 1. The van der Waals surface area contributed by atoms with Gasteiger partial charge in [0.15, 0.2) is 0 Å². The van der Waals surface area contributed by atoms with Crippen molar-refractivity contribution in [1.82, 2.24) is 4.90 Å². The number of phenolic OH excluding ortho intramolecular Hbond substituents is 1. The molecule has 0 aromatic heterocycles. The van der Waals surface area contributed by atoms with Gasteiger partial charge in [0.05, 0.1) is 12.0 Å². The SMILES string of the molecule is CCN(CCC(=O)O)C(=O)c1ccc(Cl)cc1O. The lowest BCUT2D eigenvalue weighted by Crippen LogP contribution is -2.32. The van der Waals surface area contributed by atoms with Gasteiger partial charge >= 0.3 is 5.97 Å². The van der Waals surface area contributed by atoms with Crippen LogP contribution in [-0.4, -0.2) is 40.1 Å². The van der Waals surface area contributed by atoms with Crippen molar-refractivity contribution in [3.05, 3.63) is 28.8 Å². The molecule has 0 atom stereocenters. The number of phenols is 1. The second kappa shape index (κ2) is 6.26. The molecular formula is C12H14ClNO4. The van der Waals surface area contributed by atoms with Crippen molar-refractivity contribution in [1.29, 1.82) is 0 Å². The molecule has 0 aliphatic heterocycles. The summed E-state index contributed by atoms with van der Waals surface area (Å²) in [6.45, 7) is 2.22. The summed E-state index contributed by atoms with van der Waals surface area (Å²) in [7, 11) is 0. The molecule has 1 rings (SSSR count). The third-order valence-electron chi connectivity index (χ3n) is 2.45. The molecule has 0 unspecified atom stereocenters. The molecule has 1 aromatic rings. The molecule has 0 heterocycles. The van der Waals surface area contributed by atoms with Crippen LogP contribution in [0.3, 0.4) is 0 Å². The lowest BCUT2D eigenvalue weighted by Gasteiger charge is -2.20. The highest BCUT2D eigenvalue weighted by Gasteiger charge is 2.18. The van der Waals surface area contributed by atoms with Crippen molar-refractivity contribution in [3.63, 3.8) is 0 Å². The number of carboxylic acid groups (broad SMARTS) is 1. The van der Waals surface area contributed by atoms with E-state index < -0.39 is 11.9 Å². The topological polar surface area (TPSA) is 77.8 Å². The quantitative estimate of drug-likeness (QED) is 0.858. The van der Waals surface area contributed by atoms with Gasteiger partial charge in [0.1, 0.15) is 5.75 Å². The minimum atomic E-state index is -0.971. The number of carbonyl (C=O) groups is 2. The average Bonchev–Trinajstić information content (AvgIpc) is 2.29. The van der Waals surface area contributed by atoms with Gasteiger partial charge in [-0.3, -0.25) is 9.59 Å². The van der Waals surface area contributed by atoms with Crippen LogP contribution in [0.1, 0.15) is 23.7 Å². The monoisotopic (exact) mass is 271 g/mol. The van der Waals surface area contributed by atoms with Gasteiger partial charge in [0.25, 0.3) is 5.91 Å². The van der Waals surface area contributed by atoms with E-state index >= 15 is 0 Å². The first-order valence-electron chi connectivity index (χ1n) is 5.45. The maximum Gasteiger partial charge on any atom is 0.305 e.